The number of fused-ring (bicyclic) bond motifs is 1. The fraction of sp³-hybridized carbons (Fsp3) is 0.417. The molecule has 1 saturated heterocycles. The molecule has 1 aromatic heterocycles. The lowest BCUT2D eigenvalue weighted by Crippen LogP contribution is -2.26. The fourth-order valence-corrected chi connectivity index (χ4v) is 3.61. The van der Waals surface area contributed by atoms with E-state index in [4.69, 9.17) is 16.6 Å². The highest BCUT2D eigenvalue weighted by molar-refractivity contribution is 7.18. The third-order valence-corrected chi connectivity index (χ3v) is 4.56. The Morgan fingerprint density at radius 2 is 2.12 bits per heavy atom. The van der Waals surface area contributed by atoms with Crippen molar-refractivity contribution < 1.29 is 0 Å². The molecule has 1 aromatic carbocycles. The van der Waals surface area contributed by atoms with Gasteiger partial charge in [-0.3, -0.25) is 0 Å². The van der Waals surface area contributed by atoms with Crippen molar-refractivity contribution in [2.24, 2.45) is 0 Å². The maximum Gasteiger partial charge on any atom is 0.100 e. The second-order valence-electron chi connectivity index (χ2n) is 4.16. The molecule has 0 saturated carbocycles. The Hall–Kier alpha value is -0.640. The second-order valence-corrected chi connectivity index (χ2v) is 5.63. The summed E-state index contributed by atoms with van der Waals surface area (Å²) in [6.07, 6.45) is 2.38. The summed E-state index contributed by atoms with van der Waals surface area (Å²) in [5, 5.41) is 5.41. The highest BCUT2D eigenvalue weighted by atomic mass is 35.5. The Kier molecular flexibility index (Phi) is 2.84. The van der Waals surface area contributed by atoms with Gasteiger partial charge in [-0.25, -0.2) is 4.98 Å². The molecule has 0 unspecified atom stereocenters. The van der Waals surface area contributed by atoms with Crippen LogP contribution in [0.3, 0.4) is 0 Å². The van der Waals surface area contributed by atoms with Crippen LogP contribution in [0.4, 0.5) is 0 Å². The summed E-state index contributed by atoms with van der Waals surface area (Å²) in [7, 11) is 0. The average molecular weight is 253 g/mol. The molecule has 2 heterocycles. The van der Waals surface area contributed by atoms with E-state index in [-0.39, 0.29) is 0 Å². The topological polar surface area (TPSA) is 24.9 Å². The van der Waals surface area contributed by atoms with E-state index in [0.29, 0.717) is 5.92 Å². The molecule has 1 aliphatic heterocycles. The molecule has 3 rings (SSSR count). The van der Waals surface area contributed by atoms with E-state index >= 15 is 0 Å². The number of aromatic nitrogens is 1. The molecule has 4 heteroatoms. The third-order valence-electron chi connectivity index (χ3n) is 3.07. The standard InChI is InChI=1S/C12H13ClN2S/c13-9-2-1-3-10-11(9)15-12(16-10)8-4-6-14-7-5-8/h1-3,8,14H,4-7H2. The van der Waals surface area contributed by atoms with E-state index in [0.717, 1.165) is 23.6 Å². The number of hydrogen-bond acceptors (Lipinski definition) is 3. The van der Waals surface area contributed by atoms with Gasteiger partial charge in [0.2, 0.25) is 0 Å². The summed E-state index contributed by atoms with van der Waals surface area (Å²) in [5.41, 5.74) is 0.975. The minimum Gasteiger partial charge on any atom is -0.317 e. The molecule has 0 radical (unpaired) electrons. The van der Waals surface area contributed by atoms with Crippen LogP contribution in [0.25, 0.3) is 10.2 Å². The highest BCUT2D eigenvalue weighted by Gasteiger charge is 2.19. The third kappa shape index (κ3) is 1.83. The first-order valence-corrected chi connectivity index (χ1v) is 6.80. The van der Waals surface area contributed by atoms with Crippen LogP contribution in [-0.2, 0) is 0 Å². The Labute approximate surface area is 104 Å². The zero-order valence-corrected chi connectivity index (χ0v) is 10.4. The van der Waals surface area contributed by atoms with Gasteiger partial charge in [-0.1, -0.05) is 17.7 Å². The van der Waals surface area contributed by atoms with Gasteiger partial charge >= 0.3 is 0 Å². The average Bonchev–Trinajstić information content (AvgIpc) is 2.76. The highest BCUT2D eigenvalue weighted by Crippen LogP contribution is 2.34. The molecule has 0 spiro atoms. The van der Waals surface area contributed by atoms with Crippen molar-refractivity contribution in [3.05, 3.63) is 28.2 Å². The van der Waals surface area contributed by atoms with Gasteiger partial charge in [0.15, 0.2) is 0 Å². The van der Waals surface area contributed by atoms with Crippen molar-refractivity contribution in [1.29, 1.82) is 0 Å². The van der Waals surface area contributed by atoms with Crippen LogP contribution in [0, 0.1) is 0 Å². The van der Waals surface area contributed by atoms with E-state index < -0.39 is 0 Å². The summed E-state index contributed by atoms with van der Waals surface area (Å²) in [4.78, 5) is 4.69. The van der Waals surface area contributed by atoms with Crippen molar-refractivity contribution >= 4 is 33.2 Å². The monoisotopic (exact) mass is 252 g/mol. The summed E-state index contributed by atoms with van der Waals surface area (Å²) in [6, 6.07) is 6.01. The van der Waals surface area contributed by atoms with Gasteiger partial charge in [0.1, 0.15) is 5.52 Å². The molecule has 1 N–H and O–H groups in total. The number of thiazole rings is 1. The maximum atomic E-state index is 6.14. The normalized spacial score (nSPS) is 18.1. The Morgan fingerprint density at radius 3 is 2.88 bits per heavy atom. The predicted molar refractivity (Wildman–Crippen MR) is 69.5 cm³/mol. The van der Waals surface area contributed by atoms with Crippen LogP contribution >= 0.6 is 22.9 Å². The van der Waals surface area contributed by atoms with Crippen LogP contribution in [-0.4, -0.2) is 18.1 Å². The van der Waals surface area contributed by atoms with Gasteiger partial charge < -0.3 is 5.32 Å². The molecule has 1 aliphatic rings. The number of hydrogen-bond donors (Lipinski definition) is 1. The molecular weight excluding hydrogens is 240 g/mol. The Bertz CT molecular complexity index is 503. The maximum absolute atomic E-state index is 6.14. The van der Waals surface area contributed by atoms with E-state index in [2.05, 4.69) is 11.4 Å². The lowest BCUT2D eigenvalue weighted by atomic mass is 9.99. The largest absolute Gasteiger partial charge is 0.317 e. The zero-order valence-electron chi connectivity index (χ0n) is 8.87. The summed E-state index contributed by atoms with van der Waals surface area (Å²) < 4.78 is 1.21. The van der Waals surface area contributed by atoms with Gasteiger partial charge in [-0.2, -0.15) is 0 Å². The number of nitrogens with one attached hydrogen (secondary N) is 1. The number of para-hydroxylation sites is 1. The summed E-state index contributed by atoms with van der Waals surface area (Å²) in [6.45, 7) is 2.21. The lowest BCUT2D eigenvalue weighted by molar-refractivity contribution is 0.459. The first-order valence-electron chi connectivity index (χ1n) is 5.60. The van der Waals surface area contributed by atoms with Gasteiger partial charge in [0.25, 0.3) is 0 Å². The summed E-state index contributed by atoms with van der Waals surface area (Å²) in [5.74, 6) is 0.620. The SMILES string of the molecule is Clc1cccc2sc(C3CCNCC3)nc12. The van der Waals surface area contributed by atoms with Gasteiger partial charge in [0, 0.05) is 5.92 Å². The molecular formula is C12H13ClN2S. The van der Waals surface area contributed by atoms with E-state index in [1.165, 1.54) is 22.5 Å². The number of benzene rings is 1. The Morgan fingerprint density at radius 1 is 1.31 bits per heavy atom. The zero-order chi connectivity index (χ0) is 11.0. The van der Waals surface area contributed by atoms with Crippen LogP contribution in [0.5, 0.6) is 0 Å². The van der Waals surface area contributed by atoms with E-state index in [1.54, 1.807) is 11.3 Å². The Balaban J connectivity index is 2.01. The van der Waals surface area contributed by atoms with Gasteiger partial charge in [-0.05, 0) is 38.1 Å². The molecule has 2 aromatic rings. The lowest BCUT2D eigenvalue weighted by Gasteiger charge is -2.20. The molecule has 0 atom stereocenters. The predicted octanol–water partition coefficient (Wildman–Crippen LogP) is 3.42. The summed E-state index contributed by atoms with van der Waals surface area (Å²) >= 11 is 7.94. The number of nitrogens with zero attached hydrogens (tertiary/aromatic N) is 1. The van der Waals surface area contributed by atoms with Crippen molar-refractivity contribution in [2.45, 2.75) is 18.8 Å². The molecule has 2 nitrogen and oxygen atoms in total. The van der Waals surface area contributed by atoms with Gasteiger partial charge in [-0.15, -0.1) is 11.3 Å². The minimum absolute atomic E-state index is 0.620. The minimum atomic E-state index is 0.620. The number of rotatable bonds is 1. The van der Waals surface area contributed by atoms with Crippen LogP contribution in [0.1, 0.15) is 23.8 Å². The molecule has 0 amide bonds. The first kappa shape index (κ1) is 10.5. The fourth-order valence-electron chi connectivity index (χ4n) is 2.18. The van der Waals surface area contributed by atoms with Crippen LogP contribution in [0.15, 0.2) is 18.2 Å². The van der Waals surface area contributed by atoms with Gasteiger partial charge in [0.05, 0.1) is 14.7 Å². The van der Waals surface area contributed by atoms with Crippen molar-refractivity contribution in [3.8, 4) is 0 Å². The molecule has 0 bridgehead atoms. The van der Waals surface area contributed by atoms with Crippen LogP contribution < -0.4 is 5.32 Å². The van der Waals surface area contributed by atoms with Crippen LogP contribution in [0.2, 0.25) is 5.02 Å². The number of piperidine rings is 1. The molecule has 1 fully saturated rings. The van der Waals surface area contributed by atoms with Crippen molar-refractivity contribution in [2.75, 3.05) is 13.1 Å². The van der Waals surface area contributed by atoms with E-state index in [1.807, 2.05) is 12.1 Å². The van der Waals surface area contributed by atoms with E-state index in [9.17, 15) is 0 Å². The van der Waals surface area contributed by atoms with Crippen molar-refractivity contribution in [1.82, 2.24) is 10.3 Å². The molecule has 84 valence electrons. The molecule has 0 aliphatic carbocycles. The first-order chi connectivity index (χ1) is 7.84. The quantitative estimate of drug-likeness (QED) is 0.841. The van der Waals surface area contributed by atoms with Crippen molar-refractivity contribution in [3.63, 3.8) is 0 Å². The number of halogens is 1. The second kappa shape index (κ2) is 4.32. The molecule has 16 heavy (non-hydrogen) atoms. The smallest absolute Gasteiger partial charge is 0.100 e.